The molecule has 3 aromatic rings. The molecule has 3 N–H and O–H groups in total. The third-order valence-corrected chi connectivity index (χ3v) is 7.10. The first-order valence-electron chi connectivity index (χ1n) is 12.1. The van der Waals surface area contributed by atoms with E-state index in [1.54, 1.807) is 18.2 Å². The van der Waals surface area contributed by atoms with Gasteiger partial charge in [0.25, 0.3) is 0 Å². The fourth-order valence-corrected chi connectivity index (χ4v) is 4.62. The summed E-state index contributed by atoms with van der Waals surface area (Å²) in [6.45, 7) is 6.10. The molecule has 7 heteroatoms. The van der Waals surface area contributed by atoms with Gasteiger partial charge in [-0.15, -0.1) is 0 Å². The van der Waals surface area contributed by atoms with Crippen molar-refractivity contribution in [1.82, 2.24) is 10.2 Å². The molecule has 6 nitrogen and oxygen atoms in total. The second-order valence-electron chi connectivity index (χ2n) is 9.42. The van der Waals surface area contributed by atoms with Gasteiger partial charge in [0.1, 0.15) is 0 Å². The van der Waals surface area contributed by atoms with Crippen LogP contribution in [0.3, 0.4) is 0 Å². The van der Waals surface area contributed by atoms with Crippen molar-refractivity contribution in [1.29, 1.82) is 0 Å². The zero-order chi connectivity index (χ0) is 25.7. The average molecular weight is 505 g/mol. The lowest BCUT2D eigenvalue weighted by Gasteiger charge is -2.32. The Kier molecular flexibility index (Phi) is 8.10. The molecular formula is C29H32N2O4S. The van der Waals surface area contributed by atoms with Crippen LogP contribution in [0.4, 0.5) is 0 Å². The number of fused-ring (bicyclic) bond motifs is 1. The normalized spacial score (nSPS) is 13.6. The molecule has 0 bridgehead atoms. The van der Waals surface area contributed by atoms with E-state index in [2.05, 4.69) is 22.3 Å². The first-order valence-corrected chi connectivity index (χ1v) is 12.6. The van der Waals surface area contributed by atoms with Gasteiger partial charge >= 0.3 is 5.97 Å². The lowest BCUT2D eigenvalue weighted by Crippen LogP contribution is -2.44. The number of rotatable bonds is 7. The van der Waals surface area contributed by atoms with Gasteiger partial charge in [-0.05, 0) is 91.0 Å². The Balaban J connectivity index is 1.38. The summed E-state index contributed by atoms with van der Waals surface area (Å²) in [6.07, 6.45) is 1.47. The molecule has 1 atom stereocenters. The van der Waals surface area contributed by atoms with Crippen LogP contribution in [-0.2, 0) is 24.1 Å². The number of phenolic OH excluding ortho intramolecular Hbond substituents is 2. The topological polar surface area (TPSA) is 82.0 Å². The number of hydrogen-bond donors (Lipinski definition) is 3. The second kappa shape index (κ2) is 11.4. The molecule has 0 saturated carbocycles. The summed E-state index contributed by atoms with van der Waals surface area (Å²) in [6, 6.07) is 19.0. The van der Waals surface area contributed by atoms with Crippen molar-refractivity contribution in [2.24, 2.45) is 5.92 Å². The minimum absolute atomic E-state index is 0.0268. The largest absolute Gasteiger partial charge is 0.504 e. The molecule has 0 radical (unpaired) electrons. The third kappa shape index (κ3) is 6.34. The molecule has 0 spiro atoms. The molecule has 0 fully saturated rings. The number of thiocarbonyl (C=S) groups is 1. The summed E-state index contributed by atoms with van der Waals surface area (Å²) in [5.74, 6) is -0.515. The number of carbonyl (C=O) groups is 1. The highest BCUT2D eigenvalue weighted by molar-refractivity contribution is 7.80. The van der Waals surface area contributed by atoms with Crippen LogP contribution < -0.4 is 5.32 Å². The Bertz CT molecular complexity index is 1250. The number of ether oxygens (including phenoxy) is 1. The smallest absolute Gasteiger partial charge is 0.338 e. The predicted octanol–water partition coefficient (Wildman–Crippen LogP) is 4.66. The summed E-state index contributed by atoms with van der Waals surface area (Å²) in [5, 5.41) is 23.6. The van der Waals surface area contributed by atoms with Gasteiger partial charge in [-0.1, -0.05) is 36.4 Å². The van der Waals surface area contributed by atoms with E-state index in [-0.39, 0.29) is 30.0 Å². The van der Waals surface area contributed by atoms with Gasteiger partial charge < -0.3 is 25.2 Å². The Labute approximate surface area is 217 Å². The molecule has 4 rings (SSSR count). The Morgan fingerprint density at radius 3 is 2.47 bits per heavy atom. The number of benzene rings is 3. The van der Waals surface area contributed by atoms with Crippen LogP contribution in [0.2, 0.25) is 0 Å². The zero-order valence-electron chi connectivity index (χ0n) is 20.7. The average Bonchev–Trinajstić information content (AvgIpc) is 2.88. The lowest BCUT2D eigenvalue weighted by atomic mass is 9.99. The van der Waals surface area contributed by atoms with E-state index in [9.17, 15) is 15.0 Å². The van der Waals surface area contributed by atoms with Crippen molar-refractivity contribution < 1.29 is 19.7 Å². The molecule has 36 heavy (non-hydrogen) atoms. The fourth-order valence-electron chi connectivity index (χ4n) is 4.38. The van der Waals surface area contributed by atoms with E-state index in [0.29, 0.717) is 30.3 Å². The zero-order valence-corrected chi connectivity index (χ0v) is 21.5. The highest BCUT2D eigenvalue weighted by Crippen LogP contribution is 2.31. The number of nitrogens with one attached hydrogen (secondary N) is 1. The Morgan fingerprint density at radius 1 is 1.03 bits per heavy atom. The molecule has 3 aromatic carbocycles. The Hall–Kier alpha value is -3.58. The summed E-state index contributed by atoms with van der Waals surface area (Å²) < 4.78 is 5.72. The maximum atomic E-state index is 12.7. The SMILES string of the molecule is Cc1ccc(C(=O)OCC(CNC(=S)N2CCc3cc(O)c(O)cc3C2)Cc2ccccc2)cc1C. The van der Waals surface area contributed by atoms with Crippen molar-refractivity contribution in [2.45, 2.75) is 33.2 Å². The van der Waals surface area contributed by atoms with E-state index in [4.69, 9.17) is 17.0 Å². The molecule has 188 valence electrons. The standard InChI is InChI=1S/C29H32N2O4S/c1-19-8-9-24(12-20(19)2)28(34)35-18-22(13-21-6-4-3-5-7-21)16-30-29(36)31-11-10-23-14-26(32)27(33)15-25(23)17-31/h3-9,12,14-15,22,32-33H,10-11,13,16-18H2,1-2H3,(H,30,36). The molecule has 1 aliphatic heterocycles. The van der Waals surface area contributed by atoms with Gasteiger partial charge in [0.05, 0.1) is 12.2 Å². The summed E-state index contributed by atoms with van der Waals surface area (Å²) in [5.41, 5.74) is 5.89. The number of aromatic hydroxyl groups is 2. The van der Waals surface area contributed by atoms with Crippen LogP contribution in [0.1, 0.15) is 38.2 Å². The molecule has 0 aromatic heterocycles. The highest BCUT2D eigenvalue weighted by Gasteiger charge is 2.22. The van der Waals surface area contributed by atoms with Crippen LogP contribution in [0.25, 0.3) is 0 Å². The monoisotopic (exact) mass is 504 g/mol. The molecule has 1 aliphatic rings. The summed E-state index contributed by atoms with van der Waals surface area (Å²) in [4.78, 5) is 14.8. The number of nitrogens with zero attached hydrogens (tertiary/aromatic N) is 1. The third-order valence-electron chi connectivity index (χ3n) is 6.70. The van der Waals surface area contributed by atoms with Crippen LogP contribution in [-0.4, -0.2) is 45.9 Å². The number of phenols is 2. The molecule has 0 saturated heterocycles. The molecule has 1 heterocycles. The van der Waals surface area contributed by atoms with E-state index >= 15 is 0 Å². The molecule has 0 aliphatic carbocycles. The minimum atomic E-state index is -0.325. The Morgan fingerprint density at radius 2 is 1.75 bits per heavy atom. The van der Waals surface area contributed by atoms with Crippen LogP contribution >= 0.6 is 12.2 Å². The van der Waals surface area contributed by atoms with Gasteiger partial charge in [-0.3, -0.25) is 0 Å². The number of esters is 1. The number of hydrogen-bond acceptors (Lipinski definition) is 5. The lowest BCUT2D eigenvalue weighted by molar-refractivity contribution is 0.0440. The van der Waals surface area contributed by atoms with Crippen molar-refractivity contribution in [3.63, 3.8) is 0 Å². The first-order chi connectivity index (χ1) is 17.3. The quantitative estimate of drug-likeness (QED) is 0.245. The van der Waals surface area contributed by atoms with Crippen molar-refractivity contribution in [2.75, 3.05) is 19.7 Å². The molecular weight excluding hydrogens is 472 g/mol. The van der Waals surface area contributed by atoms with Gasteiger partial charge in [0.15, 0.2) is 16.6 Å². The van der Waals surface area contributed by atoms with Crippen LogP contribution in [0, 0.1) is 19.8 Å². The summed E-state index contributed by atoms with van der Waals surface area (Å²) in [7, 11) is 0. The van der Waals surface area contributed by atoms with Crippen molar-refractivity contribution in [3.05, 3.63) is 94.0 Å². The van der Waals surface area contributed by atoms with E-state index in [1.165, 1.54) is 5.56 Å². The van der Waals surface area contributed by atoms with Crippen molar-refractivity contribution >= 4 is 23.3 Å². The van der Waals surface area contributed by atoms with Gasteiger partial charge in [-0.25, -0.2) is 4.79 Å². The molecule has 0 amide bonds. The van der Waals surface area contributed by atoms with E-state index in [1.807, 2.05) is 44.2 Å². The van der Waals surface area contributed by atoms with E-state index < -0.39 is 0 Å². The molecule has 1 unspecified atom stereocenters. The van der Waals surface area contributed by atoms with Crippen molar-refractivity contribution in [3.8, 4) is 11.5 Å². The van der Waals surface area contributed by atoms with Gasteiger partial charge in [0, 0.05) is 25.6 Å². The van der Waals surface area contributed by atoms with Crippen LogP contribution in [0.5, 0.6) is 11.5 Å². The maximum Gasteiger partial charge on any atom is 0.338 e. The fraction of sp³-hybridized carbons (Fsp3) is 0.310. The van der Waals surface area contributed by atoms with Crippen LogP contribution in [0.15, 0.2) is 60.7 Å². The highest BCUT2D eigenvalue weighted by atomic mass is 32.1. The van der Waals surface area contributed by atoms with Gasteiger partial charge in [0.2, 0.25) is 0 Å². The second-order valence-corrected chi connectivity index (χ2v) is 9.81. The predicted molar refractivity (Wildman–Crippen MR) is 144 cm³/mol. The first kappa shape index (κ1) is 25.5. The minimum Gasteiger partial charge on any atom is -0.504 e. The summed E-state index contributed by atoms with van der Waals surface area (Å²) >= 11 is 5.68. The maximum absolute atomic E-state index is 12.7. The number of carbonyl (C=O) groups excluding carboxylic acids is 1. The van der Waals surface area contributed by atoms with E-state index in [0.717, 1.165) is 35.1 Å². The van der Waals surface area contributed by atoms with Gasteiger partial charge in [-0.2, -0.15) is 0 Å². The number of aryl methyl sites for hydroxylation is 2.